The molecular weight excluding hydrogens is 253 g/mol. The summed E-state index contributed by atoms with van der Waals surface area (Å²) in [6.07, 6.45) is 5.25. The summed E-state index contributed by atoms with van der Waals surface area (Å²) in [5.41, 5.74) is 1.39. The predicted molar refractivity (Wildman–Crippen MR) is 75.8 cm³/mol. The third-order valence-electron chi connectivity index (χ3n) is 3.39. The van der Waals surface area contributed by atoms with E-state index in [0.29, 0.717) is 16.4 Å². The van der Waals surface area contributed by atoms with Crippen molar-refractivity contribution in [3.63, 3.8) is 0 Å². The van der Waals surface area contributed by atoms with Crippen LogP contribution in [0.15, 0.2) is 18.5 Å². The summed E-state index contributed by atoms with van der Waals surface area (Å²) in [5.74, 6) is 0.589. The maximum absolute atomic E-state index is 6.41. The molecule has 0 N–H and O–H groups in total. The maximum Gasteiger partial charge on any atom is 0.0621 e. The second-order valence-electron chi connectivity index (χ2n) is 5.77. The molecule has 17 heavy (non-hydrogen) atoms. The zero-order chi connectivity index (χ0) is 13.1. The summed E-state index contributed by atoms with van der Waals surface area (Å²) < 4.78 is 0. The molecule has 0 aliphatic rings. The molecule has 0 aliphatic carbocycles. The van der Waals surface area contributed by atoms with Crippen molar-refractivity contribution in [1.29, 1.82) is 0 Å². The summed E-state index contributed by atoms with van der Waals surface area (Å²) >= 11 is 12.5. The Hall–Kier alpha value is -0.270. The first-order chi connectivity index (χ1) is 7.80. The number of halogens is 2. The molecule has 2 unspecified atom stereocenters. The van der Waals surface area contributed by atoms with Crippen molar-refractivity contribution in [2.75, 3.05) is 0 Å². The van der Waals surface area contributed by atoms with Gasteiger partial charge in [0.1, 0.15) is 0 Å². The molecule has 0 radical (unpaired) electrons. The highest BCUT2D eigenvalue weighted by atomic mass is 35.5. The van der Waals surface area contributed by atoms with Gasteiger partial charge in [0.2, 0.25) is 0 Å². The van der Waals surface area contributed by atoms with Gasteiger partial charge in [0.05, 0.1) is 5.02 Å². The predicted octanol–water partition coefficient (Wildman–Crippen LogP) is 4.96. The highest BCUT2D eigenvalue weighted by Gasteiger charge is 2.23. The summed E-state index contributed by atoms with van der Waals surface area (Å²) in [5, 5.41) is 0.839. The van der Waals surface area contributed by atoms with E-state index in [1.54, 1.807) is 12.4 Å². The molecule has 1 aromatic rings. The lowest BCUT2D eigenvalue weighted by molar-refractivity contribution is 0.244. The van der Waals surface area contributed by atoms with Crippen LogP contribution in [0.2, 0.25) is 5.02 Å². The van der Waals surface area contributed by atoms with Crippen molar-refractivity contribution < 1.29 is 0 Å². The molecule has 1 nitrogen and oxygen atoms in total. The Kier molecular flexibility index (Phi) is 5.27. The molecule has 0 bridgehead atoms. The standard InChI is InChI=1S/C14H21Cl2N/c1-10(14(2,3)4)7-12(15)8-11-5-6-17-9-13(11)16/h5-6,9-10,12H,7-8H2,1-4H3. The second-order valence-corrected chi connectivity index (χ2v) is 6.80. The molecule has 0 saturated carbocycles. The fourth-order valence-electron chi connectivity index (χ4n) is 1.63. The van der Waals surface area contributed by atoms with Gasteiger partial charge in [-0.1, -0.05) is 39.3 Å². The van der Waals surface area contributed by atoms with Gasteiger partial charge in [-0.3, -0.25) is 4.98 Å². The van der Waals surface area contributed by atoms with Crippen LogP contribution < -0.4 is 0 Å². The Morgan fingerprint density at radius 1 is 1.35 bits per heavy atom. The van der Waals surface area contributed by atoms with Crippen LogP contribution >= 0.6 is 23.2 Å². The van der Waals surface area contributed by atoms with Crippen LogP contribution in [-0.2, 0) is 6.42 Å². The van der Waals surface area contributed by atoms with E-state index < -0.39 is 0 Å². The summed E-state index contributed by atoms with van der Waals surface area (Å²) in [6.45, 7) is 9.01. The Balaban J connectivity index is 2.56. The molecule has 1 rings (SSSR count). The number of aromatic nitrogens is 1. The average molecular weight is 274 g/mol. The van der Waals surface area contributed by atoms with Crippen LogP contribution in [0.3, 0.4) is 0 Å². The third-order valence-corrected chi connectivity index (χ3v) is 4.06. The van der Waals surface area contributed by atoms with Crippen molar-refractivity contribution >= 4 is 23.2 Å². The largest absolute Gasteiger partial charge is 0.263 e. The van der Waals surface area contributed by atoms with E-state index >= 15 is 0 Å². The summed E-state index contributed by atoms with van der Waals surface area (Å²) in [4.78, 5) is 3.98. The lowest BCUT2D eigenvalue weighted by atomic mass is 9.79. The molecule has 1 aromatic heterocycles. The van der Waals surface area contributed by atoms with Crippen molar-refractivity contribution in [2.45, 2.75) is 45.9 Å². The fraction of sp³-hybridized carbons (Fsp3) is 0.643. The number of pyridine rings is 1. The van der Waals surface area contributed by atoms with E-state index in [1.165, 1.54) is 0 Å². The Morgan fingerprint density at radius 3 is 2.53 bits per heavy atom. The van der Waals surface area contributed by atoms with Gasteiger partial charge in [0, 0.05) is 17.8 Å². The molecular formula is C14H21Cl2N. The normalized spacial score (nSPS) is 15.6. The van der Waals surface area contributed by atoms with E-state index in [4.69, 9.17) is 23.2 Å². The fourth-order valence-corrected chi connectivity index (χ4v) is 2.26. The zero-order valence-electron chi connectivity index (χ0n) is 11.0. The van der Waals surface area contributed by atoms with Crippen molar-refractivity contribution in [1.82, 2.24) is 4.98 Å². The van der Waals surface area contributed by atoms with Gasteiger partial charge in [0.25, 0.3) is 0 Å². The van der Waals surface area contributed by atoms with Gasteiger partial charge in [-0.2, -0.15) is 0 Å². The minimum Gasteiger partial charge on any atom is -0.263 e. The molecule has 0 saturated heterocycles. The molecule has 0 spiro atoms. The van der Waals surface area contributed by atoms with Crippen molar-refractivity contribution in [3.05, 3.63) is 29.0 Å². The third kappa shape index (κ3) is 4.85. The summed E-state index contributed by atoms with van der Waals surface area (Å²) in [6, 6.07) is 1.94. The Morgan fingerprint density at radius 2 is 2.00 bits per heavy atom. The van der Waals surface area contributed by atoms with E-state index in [9.17, 15) is 0 Å². The zero-order valence-corrected chi connectivity index (χ0v) is 12.5. The molecule has 0 fully saturated rings. The molecule has 3 heteroatoms. The quantitative estimate of drug-likeness (QED) is 0.707. The van der Waals surface area contributed by atoms with Gasteiger partial charge in [-0.15, -0.1) is 11.6 Å². The molecule has 96 valence electrons. The van der Waals surface area contributed by atoms with Crippen molar-refractivity contribution in [3.8, 4) is 0 Å². The maximum atomic E-state index is 6.41. The molecule has 0 amide bonds. The van der Waals surface area contributed by atoms with Gasteiger partial charge in [-0.25, -0.2) is 0 Å². The van der Waals surface area contributed by atoms with Crippen LogP contribution in [-0.4, -0.2) is 10.4 Å². The van der Waals surface area contributed by atoms with Crippen molar-refractivity contribution in [2.24, 2.45) is 11.3 Å². The van der Waals surface area contributed by atoms with Crippen LogP contribution in [0.4, 0.5) is 0 Å². The van der Waals surface area contributed by atoms with Crippen LogP contribution in [0, 0.1) is 11.3 Å². The first kappa shape index (κ1) is 14.8. The number of hydrogen-bond donors (Lipinski definition) is 0. The van der Waals surface area contributed by atoms with Crippen LogP contribution in [0.5, 0.6) is 0 Å². The number of alkyl halides is 1. The van der Waals surface area contributed by atoms with Crippen LogP contribution in [0.25, 0.3) is 0 Å². The van der Waals surface area contributed by atoms with Gasteiger partial charge < -0.3 is 0 Å². The lowest BCUT2D eigenvalue weighted by Gasteiger charge is -2.29. The molecule has 0 aliphatic heterocycles. The number of hydrogen-bond acceptors (Lipinski definition) is 1. The Bertz CT molecular complexity index is 357. The van der Waals surface area contributed by atoms with Gasteiger partial charge in [-0.05, 0) is 35.8 Å². The summed E-state index contributed by atoms with van der Waals surface area (Å²) in [7, 11) is 0. The second kappa shape index (κ2) is 6.06. The minimum absolute atomic E-state index is 0.129. The van der Waals surface area contributed by atoms with Gasteiger partial charge >= 0.3 is 0 Å². The first-order valence-electron chi connectivity index (χ1n) is 6.03. The van der Waals surface area contributed by atoms with E-state index in [2.05, 4.69) is 32.7 Å². The SMILES string of the molecule is CC(CC(Cl)Cc1ccncc1Cl)C(C)(C)C. The lowest BCUT2D eigenvalue weighted by Crippen LogP contribution is -2.21. The highest BCUT2D eigenvalue weighted by Crippen LogP contribution is 2.31. The minimum atomic E-state index is 0.129. The molecule has 2 atom stereocenters. The Labute approximate surface area is 115 Å². The van der Waals surface area contributed by atoms with E-state index in [0.717, 1.165) is 18.4 Å². The smallest absolute Gasteiger partial charge is 0.0621 e. The average Bonchev–Trinajstić information content (AvgIpc) is 2.20. The monoisotopic (exact) mass is 273 g/mol. The van der Waals surface area contributed by atoms with Gasteiger partial charge in [0.15, 0.2) is 0 Å². The molecule has 1 heterocycles. The van der Waals surface area contributed by atoms with E-state index in [1.807, 2.05) is 6.07 Å². The molecule has 0 aromatic carbocycles. The van der Waals surface area contributed by atoms with E-state index in [-0.39, 0.29) is 5.38 Å². The number of rotatable bonds is 4. The highest BCUT2D eigenvalue weighted by molar-refractivity contribution is 6.31. The topological polar surface area (TPSA) is 12.9 Å². The number of nitrogens with zero attached hydrogens (tertiary/aromatic N) is 1. The first-order valence-corrected chi connectivity index (χ1v) is 6.84. The van der Waals surface area contributed by atoms with Crippen LogP contribution in [0.1, 0.15) is 39.7 Å².